The van der Waals surface area contributed by atoms with Crippen molar-refractivity contribution >= 4 is 31.1 Å². The summed E-state index contributed by atoms with van der Waals surface area (Å²) in [5.74, 6) is -0.222. The standard InChI is InChI=1S/C22H30N3O3PS/c1-16(2)13-21(25-29(28)15-24-17(3)26)22(27)23-11-4-5-18-6-8-19(9-7-18)20-10-12-30-14-20/h6-10,12,14,16,21H,4-5,11,13,15H2,1-3H3,(H,23,27)(H,24,26)/t21-/m0/s1. The Labute approximate surface area is 183 Å². The van der Waals surface area contributed by atoms with E-state index >= 15 is 0 Å². The van der Waals surface area contributed by atoms with Crippen LogP contribution in [0, 0.1) is 5.92 Å². The zero-order valence-corrected chi connectivity index (χ0v) is 19.5. The maximum atomic E-state index is 12.5. The van der Waals surface area contributed by atoms with Gasteiger partial charge < -0.3 is 15.5 Å². The number of hydrogen-bond donors (Lipinski definition) is 2. The van der Waals surface area contributed by atoms with Crippen LogP contribution >= 0.6 is 19.3 Å². The monoisotopic (exact) mass is 447 g/mol. The van der Waals surface area contributed by atoms with Gasteiger partial charge in [0.2, 0.25) is 11.8 Å². The van der Waals surface area contributed by atoms with Gasteiger partial charge in [-0.3, -0.25) is 9.59 Å². The van der Waals surface area contributed by atoms with Gasteiger partial charge in [-0.1, -0.05) is 42.9 Å². The molecule has 2 aromatic rings. The van der Waals surface area contributed by atoms with E-state index in [1.807, 2.05) is 13.8 Å². The molecule has 1 aromatic heterocycles. The van der Waals surface area contributed by atoms with Crippen LogP contribution in [0.25, 0.3) is 11.1 Å². The molecule has 8 heteroatoms. The first-order valence-corrected chi connectivity index (χ1v) is 12.5. The Morgan fingerprint density at radius 1 is 1.13 bits per heavy atom. The molecule has 2 atom stereocenters. The summed E-state index contributed by atoms with van der Waals surface area (Å²) < 4.78 is 4.14. The van der Waals surface area contributed by atoms with Crippen molar-refractivity contribution in [2.75, 3.05) is 12.8 Å². The second kappa shape index (κ2) is 12.6. The van der Waals surface area contributed by atoms with Gasteiger partial charge in [0.25, 0.3) is 0 Å². The lowest BCUT2D eigenvalue weighted by molar-refractivity contribution is -0.157. The zero-order valence-electron chi connectivity index (χ0n) is 17.8. The lowest BCUT2D eigenvalue weighted by Crippen LogP contribution is -2.35. The first-order chi connectivity index (χ1) is 14.3. The molecule has 6 nitrogen and oxygen atoms in total. The van der Waals surface area contributed by atoms with Gasteiger partial charge in [0.1, 0.15) is 0 Å². The number of benzene rings is 1. The number of amides is 2. The fourth-order valence-electron chi connectivity index (χ4n) is 2.94. The van der Waals surface area contributed by atoms with Crippen LogP contribution in [0.1, 0.15) is 39.2 Å². The van der Waals surface area contributed by atoms with Crippen molar-refractivity contribution in [3.8, 4) is 11.1 Å². The Morgan fingerprint density at radius 2 is 1.87 bits per heavy atom. The van der Waals surface area contributed by atoms with Crippen molar-refractivity contribution in [3.63, 3.8) is 0 Å². The number of carbonyl (C=O) groups excluding carboxylic acids is 2. The number of aryl methyl sites for hydroxylation is 1. The van der Waals surface area contributed by atoms with Crippen LogP contribution < -0.4 is 15.5 Å². The summed E-state index contributed by atoms with van der Waals surface area (Å²) in [5.41, 5.74) is 3.67. The number of carbonyl (C=O) groups is 2. The Balaban J connectivity index is 1.81. The minimum absolute atomic E-state index is 0.0338. The van der Waals surface area contributed by atoms with Crippen molar-refractivity contribution in [1.29, 1.82) is 0 Å². The molecule has 2 N–H and O–H groups in total. The molecule has 0 fully saturated rings. The second-order valence-corrected chi connectivity index (χ2v) is 9.64. The van der Waals surface area contributed by atoms with Crippen molar-refractivity contribution in [3.05, 3.63) is 46.7 Å². The van der Waals surface area contributed by atoms with E-state index in [0.29, 0.717) is 13.0 Å². The molecule has 0 saturated heterocycles. The molecule has 162 valence electrons. The third-order valence-electron chi connectivity index (χ3n) is 4.48. The lowest BCUT2D eigenvalue weighted by Gasteiger charge is -2.14. The van der Waals surface area contributed by atoms with Gasteiger partial charge in [0.15, 0.2) is 20.3 Å². The van der Waals surface area contributed by atoms with Crippen molar-refractivity contribution in [1.82, 2.24) is 10.6 Å². The molecule has 1 heterocycles. The molecule has 0 bridgehead atoms. The smallest absolute Gasteiger partial charge is 0.248 e. The Kier molecular flexibility index (Phi) is 10.1. The van der Waals surface area contributed by atoms with Gasteiger partial charge in [-0.15, -0.1) is 0 Å². The fourth-order valence-corrected chi connectivity index (χ4v) is 4.56. The Bertz CT molecular complexity index is 836. The molecule has 1 unspecified atom stereocenters. The number of nitrogens with zero attached hydrogens (tertiary/aromatic N) is 1. The van der Waals surface area contributed by atoms with E-state index in [9.17, 15) is 14.5 Å². The topological polar surface area (TPSA) is 93.6 Å². The molecule has 0 saturated carbocycles. The summed E-state index contributed by atoms with van der Waals surface area (Å²) in [4.78, 5) is 35.5. The molecular weight excluding hydrogens is 417 g/mol. The van der Waals surface area contributed by atoms with Crippen LogP contribution in [0.5, 0.6) is 0 Å². The molecule has 2 rings (SSSR count). The summed E-state index contributed by atoms with van der Waals surface area (Å²) >= 11 is 1.69. The number of nitrogens with one attached hydrogen (secondary N) is 2. The van der Waals surface area contributed by atoms with Crippen molar-refractivity contribution < 1.29 is 14.5 Å². The highest BCUT2D eigenvalue weighted by molar-refractivity contribution is 7.39. The predicted octanol–water partition coefficient (Wildman–Crippen LogP) is 3.91. The molecule has 2 amide bonds. The number of thiophene rings is 1. The molecule has 0 aliphatic heterocycles. The highest BCUT2D eigenvalue weighted by Gasteiger charge is 2.22. The number of rotatable bonds is 11. The van der Waals surface area contributed by atoms with E-state index in [-0.39, 0.29) is 24.0 Å². The van der Waals surface area contributed by atoms with Gasteiger partial charge in [0.05, 0.1) is 0 Å². The maximum Gasteiger partial charge on any atom is 0.248 e. The molecular formula is C22H30N3O3PS. The van der Waals surface area contributed by atoms with E-state index in [2.05, 4.69) is 56.5 Å². The van der Waals surface area contributed by atoms with Crippen LogP contribution in [-0.2, 0) is 16.0 Å². The molecule has 1 aromatic carbocycles. The molecule has 0 radical (unpaired) electrons. The fraction of sp³-hybridized carbons (Fsp3) is 0.455. The summed E-state index contributed by atoms with van der Waals surface area (Å²) in [6, 6.07) is 9.94. The van der Waals surface area contributed by atoms with Crippen LogP contribution in [0.15, 0.2) is 45.8 Å². The second-order valence-electron chi connectivity index (χ2n) is 7.61. The molecule has 0 aliphatic carbocycles. The molecule has 30 heavy (non-hydrogen) atoms. The van der Waals surface area contributed by atoms with Gasteiger partial charge in [-0.2, -0.15) is 11.3 Å². The summed E-state index contributed by atoms with van der Waals surface area (Å²) in [6.45, 7) is 5.89. The summed E-state index contributed by atoms with van der Waals surface area (Å²) in [6.07, 6.45) is 2.17. The van der Waals surface area contributed by atoms with E-state index in [4.69, 9.17) is 0 Å². The molecule has 0 aliphatic rings. The Morgan fingerprint density at radius 3 is 2.47 bits per heavy atom. The minimum Gasteiger partial charge on any atom is -0.611 e. The van der Waals surface area contributed by atoms with Crippen LogP contribution in [-0.4, -0.2) is 30.7 Å². The van der Waals surface area contributed by atoms with Gasteiger partial charge in [-0.25, -0.2) is 0 Å². The van der Waals surface area contributed by atoms with E-state index < -0.39 is 14.0 Å². The normalized spacial score (nSPS) is 12.6. The third kappa shape index (κ3) is 8.74. The van der Waals surface area contributed by atoms with E-state index in [0.717, 1.165) is 12.8 Å². The predicted molar refractivity (Wildman–Crippen MR) is 122 cm³/mol. The average molecular weight is 448 g/mol. The SMILES string of the molecule is CC(=O)NC[P+]([O-])=N[C@@H](CC(C)C)C(=O)NCCCc1ccc(-c2ccsc2)cc1. The summed E-state index contributed by atoms with van der Waals surface area (Å²) in [7, 11) is -2.01. The third-order valence-corrected chi connectivity index (χ3v) is 6.13. The maximum absolute atomic E-state index is 12.5. The first kappa shape index (κ1) is 24.2. The lowest BCUT2D eigenvalue weighted by atomic mass is 10.0. The average Bonchev–Trinajstić information content (AvgIpc) is 3.24. The van der Waals surface area contributed by atoms with E-state index in [1.165, 1.54) is 23.6 Å². The largest absolute Gasteiger partial charge is 0.611 e. The van der Waals surface area contributed by atoms with E-state index in [1.54, 1.807) is 11.3 Å². The number of hydrogen-bond acceptors (Lipinski definition) is 5. The van der Waals surface area contributed by atoms with Crippen LogP contribution in [0.3, 0.4) is 0 Å². The van der Waals surface area contributed by atoms with Gasteiger partial charge in [0, 0.05) is 13.5 Å². The van der Waals surface area contributed by atoms with Gasteiger partial charge in [-0.05, 0) is 58.7 Å². The van der Waals surface area contributed by atoms with Crippen LogP contribution in [0.2, 0.25) is 0 Å². The quantitative estimate of drug-likeness (QED) is 0.404. The van der Waals surface area contributed by atoms with Gasteiger partial charge >= 0.3 is 0 Å². The van der Waals surface area contributed by atoms with Crippen LogP contribution in [0.4, 0.5) is 0 Å². The summed E-state index contributed by atoms with van der Waals surface area (Å²) in [5, 5.41) is 9.60. The minimum atomic E-state index is -2.01. The highest BCUT2D eigenvalue weighted by Crippen LogP contribution is 2.22. The van der Waals surface area contributed by atoms with Crippen molar-refractivity contribution in [2.45, 2.75) is 46.1 Å². The van der Waals surface area contributed by atoms with Crippen molar-refractivity contribution in [2.24, 2.45) is 10.7 Å². The Hall–Kier alpha value is -2.08. The highest BCUT2D eigenvalue weighted by atomic mass is 32.1. The first-order valence-electron chi connectivity index (χ1n) is 10.1. The zero-order chi connectivity index (χ0) is 21.9. The molecule has 0 spiro atoms.